The van der Waals surface area contributed by atoms with Crippen molar-refractivity contribution in [2.24, 2.45) is 0 Å². The van der Waals surface area contributed by atoms with E-state index in [1.54, 1.807) is 24.3 Å². The lowest BCUT2D eigenvalue weighted by Gasteiger charge is -2.29. The van der Waals surface area contributed by atoms with Crippen LogP contribution in [0.3, 0.4) is 0 Å². The van der Waals surface area contributed by atoms with Crippen LogP contribution in [0, 0.1) is 0 Å². The first-order chi connectivity index (χ1) is 11.6. The Labute approximate surface area is 149 Å². The van der Waals surface area contributed by atoms with Crippen LogP contribution in [0.1, 0.15) is 11.1 Å². The molecule has 122 valence electrons. The van der Waals surface area contributed by atoms with Crippen molar-refractivity contribution in [2.45, 2.75) is 10.5 Å². The Hall–Kier alpha value is -1.94. The summed E-state index contributed by atoms with van der Waals surface area (Å²) in [5, 5.41) is 12.0. The third-order valence-corrected chi connectivity index (χ3v) is 5.65. The summed E-state index contributed by atoms with van der Waals surface area (Å²) in [6.07, 6.45) is 0. The van der Waals surface area contributed by atoms with Crippen molar-refractivity contribution in [3.63, 3.8) is 0 Å². The zero-order valence-electron chi connectivity index (χ0n) is 12.9. The molecule has 0 aliphatic heterocycles. The van der Waals surface area contributed by atoms with E-state index in [0.717, 1.165) is 11.1 Å². The monoisotopic (exact) mass is 356 g/mol. The summed E-state index contributed by atoms with van der Waals surface area (Å²) in [6, 6.07) is 25.6. The maximum atomic E-state index is 12.8. The van der Waals surface area contributed by atoms with Crippen LogP contribution in [0.2, 0.25) is 5.02 Å². The second-order valence-electron chi connectivity index (χ2n) is 5.54. The van der Waals surface area contributed by atoms with Crippen molar-refractivity contribution in [3.05, 3.63) is 101 Å². The predicted molar refractivity (Wildman–Crippen MR) is 98.6 cm³/mol. The van der Waals surface area contributed by atoms with Crippen molar-refractivity contribution in [2.75, 3.05) is 5.75 Å². The van der Waals surface area contributed by atoms with Gasteiger partial charge in [-0.2, -0.15) is 0 Å². The molecule has 0 bridgehead atoms. The minimum Gasteiger partial charge on any atom is -0.379 e. The van der Waals surface area contributed by atoms with Gasteiger partial charge in [-0.3, -0.25) is 4.21 Å². The molecule has 4 heteroatoms. The Balaban J connectivity index is 2.00. The maximum Gasteiger partial charge on any atom is 0.126 e. The highest BCUT2D eigenvalue weighted by molar-refractivity contribution is 7.85. The summed E-state index contributed by atoms with van der Waals surface area (Å²) in [5.74, 6) is 0.0721. The number of aliphatic hydroxyl groups is 1. The van der Waals surface area contributed by atoms with Crippen LogP contribution in [0.4, 0.5) is 0 Å². The molecule has 0 fully saturated rings. The first-order valence-electron chi connectivity index (χ1n) is 7.57. The summed E-state index contributed by atoms with van der Waals surface area (Å²) in [7, 11) is -1.37. The van der Waals surface area contributed by atoms with Gasteiger partial charge in [-0.15, -0.1) is 0 Å². The van der Waals surface area contributed by atoms with E-state index in [0.29, 0.717) is 9.92 Å². The van der Waals surface area contributed by atoms with E-state index in [2.05, 4.69) is 0 Å². The molecule has 0 aliphatic carbocycles. The van der Waals surface area contributed by atoms with Crippen molar-refractivity contribution in [1.29, 1.82) is 0 Å². The van der Waals surface area contributed by atoms with E-state index >= 15 is 0 Å². The lowest BCUT2D eigenvalue weighted by molar-refractivity contribution is 0.106. The summed E-state index contributed by atoms with van der Waals surface area (Å²) in [4.78, 5) is 0.643. The fourth-order valence-electron chi connectivity index (χ4n) is 2.62. The van der Waals surface area contributed by atoms with Crippen LogP contribution < -0.4 is 0 Å². The van der Waals surface area contributed by atoms with Gasteiger partial charge >= 0.3 is 0 Å². The molecule has 0 saturated carbocycles. The number of halogens is 1. The van der Waals surface area contributed by atoms with E-state index in [1.165, 1.54) is 0 Å². The SMILES string of the molecule is O=[S@](CC(O)(c1ccccc1)c1ccccc1)c1ccc(Cl)cc1. The molecule has 24 heavy (non-hydrogen) atoms. The molecule has 1 atom stereocenters. The van der Waals surface area contributed by atoms with Crippen LogP contribution in [-0.4, -0.2) is 15.1 Å². The number of hydrogen-bond donors (Lipinski definition) is 1. The highest BCUT2D eigenvalue weighted by atomic mass is 35.5. The van der Waals surface area contributed by atoms with Gasteiger partial charge < -0.3 is 5.11 Å². The third kappa shape index (κ3) is 3.59. The lowest BCUT2D eigenvalue weighted by Crippen LogP contribution is -2.33. The number of hydrogen-bond acceptors (Lipinski definition) is 2. The number of benzene rings is 3. The molecule has 0 aliphatic rings. The van der Waals surface area contributed by atoms with Gasteiger partial charge in [-0.25, -0.2) is 0 Å². The van der Waals surface area contributed by atoms with Crippen LogP contribution in [0.5, 0.6) is 0 Å². The van der Waals surface area contributed by atoms with Gasteiger partial charge in [0, 0.05) is 9.92 Å². The van der Waals surface area contributed by atoms with Crippen molar-refractivity contribution in [1.82, 2.24) is 0 Å². The van der Waals surface area contributed by atoms with Crippen molar-refractivity contribution < 1.29 is 9.32 Å². The molecule has 3 aromatic rings. The van der Waals surface area contributed by atoms with Gasteiger partial charge in [0.2, 0.25) is 0 Å². The van der Waals surface area contributed by atoms with Crippen molar-refractivity contribution in [3.8, 4) is 0 Å². The second-order valence-corrected chi connectivity index (χ2v) is 7.42. The highest BCUT2D eigenvalue weighted by Crippen LogP contribution is 2.31. The topological polar surface area (TPSA) is 37.3 Å². The predicted octanol–water partition coefficient (Wildman–Crippen LogP) is 4.38. The molecule has 0 unspecified atom stereocenters. The molecule has 2 nitrogen and oxygen atoms in total. The molecule has 0 aromatic heterocycles. The molecular formula is C20H17ClO2S. The standard InChI is InChI=1S/C20H17ClO2S/c21-18-11-13-19(14-12-18)24(23)15-20(22,16-7-3-1-4-8-16)17-9-5-2-6-10-17/h1-14,22H,15H2/t24-/m1/s1. The molecule has 0 amide bonds. The van der Waals surface area contributed by atoms with Crippen LogP contribution in [-0.2, 0) is 16.4 Å². The van der Waals surface area contributed by atoms with Gasteiger partial charge in [0.1, 0.15) is 5.60 Å². The molecule has 0 radical (unpaired) electrons. The zero-order chi connectivity index (χ0) is 17.0. The molecule has 0 saturated heterocycles. The smallest absolute Gasteiger partial charge is 0.126 e. The van der Waals surface area contributed by atoms with Crippen LogP contribution in [0.15, 0.2) is 89.8 Å². The van der Waals surface area contributed by atoms with Gasteiger partial charge in [0.05, 0.1) is 16.6 Å². The first kappa shape index (κ1) is 16.9. The van der Waals surface area contributed by atoms with Crippen LogP contribution >= 0.6 is 11.6 Å². The van der Waals surface area contributed by atoms with E-state index in [-0.39, 0.29) is 5.75 Å². The Morgan fingerprint density at radius 1 is 0.792 bits per heavy atom. The normalized spacial score (nSPS) is 12.8. The average Bonchev–Trinajstić information content (AvgIpc) is 2.63. The molecule has 1 N–H and O–H groups in total. The minimum atomic E-state index is -1.37. The van der Waals surface area contributed by atoms with E-state index in [4.69, 9.17) is 11.6 Å². The summed E-state index contributed by atoms with van der Waals surface area (Å²) < 4.78 is 12.8. The number of rotatable bonds is 5. The van der Waals surface area contributed by atoms with Crippen LogP contribution in [0.25, 0.3) is 0 Å². The maximum absolute atomic E-state index is 12.8. The fraction of sp³-hybridized carbons (Fsp3) is 0.100. The summed E-state index contributed by atoms with van der Waals surface area (Å²) in [6.45, 7) is 0. The van der Waals surface area contributed by atoms with E-state index in [1.807, 2.05) is 60.7 Å². The molecule has 0 spiro atoms. The van der Waals surface area contributed by atoms with Gasteiger partial charge in [-0.1, -0.05) is 72.3 Å². The third-order valence-electron chi connectivity index (χ3n) is 3.92. The minimum absolute atomic E-state index is 0.0721. The molecule has 0 heterocycles. The van der Waals surface area contributed by atoms with Gasteiger partial charge in [0.25, 0.3) is 0 Å². The largest absolute Gasteiger partial charge is 0.379 e. The first-order valence-corrected chi connectivity index (χ1v) is 9.27. The van der Waals surface area contributed by atoms with Gasteiger partial charge in [0.15, 0.2) is 0 Å². The quantitative estimate of drug-likeness (QED) is 0.736. The second kappa shape index (κ2) is 7.31. The van der Waals surface area contributed by atoms with Gasteiger partial charge in [-0.05, 0) is 35.4 Å². The average molecular weight is 357 g/mol. The Morgan fingerprint density at radius 2 is 1.25 bits per heavy atom. The van der Waals surface area contributed by atoms with E-state index in [9.17, 15) is 9.32 Å². The Bertz CT molecular complexity index is 778. The fourth-order valence-corrected chi connectivity index (χ4v) is 4.07. The Morgan fingerprint density at radius 3 is 1.71 bits per heavy atom. The lowest BCUT2D eigenvalue weighted by atomic mass is 9.88. The van der Waals surface area contributed by atoms with E-state index < -0.39 is 16.4 Å². The Kier molecular flexibility index (Phi) is 5.14. The zero-order valence-corrected chi connectivity index (χ0v) is 14.5. The molecular weight excluding hydrogens is 340 g/mol. The van der Waals surface area contributed by atoms with Crippen molar-refractivity contribution >= 4 is 22.4 Å². The summed E-state index contributed by atoms with van der Waals surface area (Å²) >= 11 is 5.89. The molecule has 3 aromatic carbocycles. The summed E-state index contributed by atoms with van der Waals surface area (Å²) in [5.41, 5.74) is 0.115. The highest BCUT2D eigenvalue weighted by Gasteiger charge is 2.33. The molecule has 3 rings (SSSR count).